The smallest absolute Gasteiger partial charge is 0.191 e. The number of piperidine rings is 1. The van der Waals surface area contributed by atoms with Crippen molar-refractivity contribution in [3.8, 4) is 0 Å². The Hall–Kier alpha value is -0.770. The van der Waals surface area contributed by atoms with Gasteiger partial charge in [-0.25, -0.2) is 0 Å². The van der Waals surface area contributed by atoms with Gasteiger partial charge in [-0.3, -0.25) is 4.99 Å². The van der Waals surface area contributed by atoms with Crippen LogP contribution in [0.25, 0.3) is 0 Å². The fourth-order valence-electron chi connectivity index (χ4n) is 2.17. The van der Waals surface area contributed by atoms with Crippen molar-refractivity contribution in [1.29, 1.82) is 0 Å². The molecule has 0 amide bonds. The van der Waals surface area contributed by atoms with E-state index >= 15 is 0 Å². The molecule has 1 atom stereocenters. The molecule has 0 radical (unpaired) electrons. The molecule has 0 aromatic rings. The van der Waals surface area contributed by atoms with Gasteiger partial charge in [0.1, 0.15) is 0 Å². The minimum Gasteiger partial charge on any atom is -0.356 e. The highest BCUT2D eigenvalue weighted by Gasteiger charge is 2.18. The van der Waals surface area contributed by atoms with Crippen molar-refractivity contribution in [2.45, 2.75) is 25.8 Å². The monoisotopic (exact) mass is 210 g/mol. The van der Waals surface area contributed by atoms with Crippen molar-refractivity contribution in [2.24, 2.45) is 10.9 Å². The van der Waals surface area contributed by atoms with E-state index in [2.05, 4.69) is 34.5 Å². The van der Waals surface area contributed by atoms with Gasteiger partial charge < -0.3 is 15.5 Å². The van der Waals surface area contributed by atoms with E-state index in [-0.39, 0.29) is 0 Å². The quantitative estimate of drug-likeness (QED) is 0.687. The van der Waals surface area contributed by atoms with Crippen LogP contribution in [-0.4, -0.2) is 50.1 Å². The highest BCUT2D eigenvalue weighted by atomic mass is 15.2. The fraction of sp³-hybridized carbons (Fsp3) is 0.909. The van der Waals surface area contributed by atoms with Crippen molar-refractivity contribution in [1.82, 2.24) is 15.5 Å². The Morgan fingerprint density at radius 1 is 1.47 bits per heavy atom. The van der Waals surface area contributed by atoms with Gasteiger partial charge in [0.05, 0.1) is 6.54 Å². The summed E-state index contributed by atoms with van der Waals surface area (Å²) in [6.07, 6.45) is 2.62. The number of nitrogens with zero attached hydrogens (tertiary/aromatic N) is 2. The molecule has 1 saturated heterocycles. The summed E-state index contributed by atoms with van der Waals surface area (Å²) in [6, 6.07) is 0.505. The molecule has 0 aromatic heterocycles. The van der Waals surface area contributed by atoms with E-state index in [1.54, 1.807) is 0 Å². The lowest BCUT2D eigenvalue weighted by molar-refractivity contribution is 0.220. The molecule has 2 aliphatic rings. The SMILES string of the molecule is CC1CN=C(NCC2CCN(C)CC2)N1. The lowest BCUT2D eigenvalue weighted by atomic mass is 9.97. The Bertz CT molecular complexity index is 231. The number of nitrogens with one attached hydrogen (secondary N) is 2. The second-order valence-corrected chi connectivity index (χ2v) is 4.86. The molecular weight excluding hydrogens is 188 g/mol. The average Bonchev–Trinajstić information content (AvgIpc) is 2.64. The molecule has 86 valence electrons. The van der Waals surface area contributed by atoms with E-state index in [4.69, 9.17) is 0 Å². The van der Waals surface area contributed by atoms with Crippen LogP contribution in [0.5, 0.6) is 0 Å². The zero-order chi connectivity index (χ0) is 10.7. The summed E-state index contributed by atoms with van der Waals surface area (Å²) in [5.74, 6) is 1.82. The van der Waals surface area contributed by atoms with Gasteiger partial charge in [-0.2, -0.15) is 0 Å². The van der Waals surface area contributed by atoms with Crippen LogP contribution in [0.3, 0.4) is 0 Å². The molecule has 4 heteroatoms. The third kappa shape index (κ3) is 3.09. The molecule has 1 unspecified atom stereocenters. The lowest BCUT2D eigenvalue weighted by Gasteiger charge is -2.29. The standard InChI is InChI=1S/C11H22N4/c1-9-7-12-11(14-9)13-8-10-3-5-15(2)6-4-10/h9-10H,3-8H2,1-2H3,(H2,12,13,14). The zero-order valence-corrected chi connectivity index (χ0v) is 9.79. The van der Waals surface area contributed by atoms with Crippen LogP contribution in [0, 0.1) is 5.92 Å². The van der Waals surface area contributed by atoms with Crippen LogP contribution in [0.4, 0.5) is 0 Å². The van der Waals surface area contributed by atoms with E-state index in [0.717, 1.165) is 25.0 Å². The van der Waals surface area contributed by atoms with Crippen molar-refractivity contribution in [3.63, 3.8) is 0 Å². The molecule has 2 N–H and O–H groups in total. The number of guanidine groups is 1. The predicted molar refractivity (Wildman–Crippen MR) is 63.1 cm³/mol. The van der Waals surface area contributed by atoms with E-state index in [1.165, 1.54) is 25.9 Å². The molecule has 0 aliphatic carbocycles. The first-order chi connectivity index (χ1) is 7.24. The van der Waals surface area contributed by atoms with E-state index in [9.17, 15) is 0 Å². The molecule has 0 bridgehead atoms. The largest absolute Gasteiger partial charge is 0.356 e. The molecule has 1 fully saturated rings. The van der Waals surface area contributed by atoms with Crippen molar-refractivity contribution in [2.75, 3.05) is 33.2 Å². The number of hydrogen-bond acceptors (Lipinski definition) is 4. The van der Waals surface area contributed by atoms with Gasteiger partial charge in [-0.1, -0.05) is 0 Å². The Balaban J connectivity index is 1.66. The van der Waals surface area contributed by atoms with Crippen molar-refractivity contribution in [3.05, 3.63) is 0 Å². The summed E-state index contributed by atoms with van der Waals surface area (Å²) in [5, 5.41) is 6.75. The molecule has 4 nitrogen and oxygen atoms in total. The topological polar surface area (TPSA) is 39.7 Å². The molecule has 0 spiro atoms. The van der Waals surface area contributed by atoms with E-state index in [0.29, 0.717) is 6.04 Å². The minimum absolute atomic E-state index is 0.505. The van der Waals surface area contributed by atoms with Crippen LogP contribution in [0.15, 0.2) is 4.99 Å². The normalized spacial score (nSPS) is 28.7. The van der Waals surface area contributed by atoms with Crippen LogP contribution in [-0.2, 0) is 0 Å². The Morgan fingerprint density at radius 2 is 2.20 bits per heavy atom. The third-order valence-electron chi connectivity index (χ3n) is 3.30. The van der Waals surface area contributed by atoms with Crippen molar-refractivity contribution < 1.29 is 0 Å². The van der Waals surface area contributed by atoms with Gasteiger partial charge >= 0.3 is 0 Å². The summed E-state index contributed by atoms with van der Waals surface area (Å²) in [6.45, 7) is 6.63. The Kier molecular flexibility index (Phi) is 3.46. The molecule has 0 aromatic carbocycles. The number of likely N-dealkylation sites (tertiary alicyclic amines) is 1. The Labute approximate surface area is 92.1 Å². The predicted octanol–water partition coefficient (Wildman–Crippen LogP) is 0.266. The molecular formula is C11H22N4. The van der Waals surface area contributed by atoms with Gasteiger partial charge in [0.15, 0.2) is 5.96 Å². The third-order valence-corrected chi connectivity index (χ3v) is 3.30. The molecule has 2 heterocycles. The highest BCUT2D eigenvalue weighted by Crippen LogP contribution is 2.14. The van der Waals surface area contributed by atoms with E-state index < -0.39 is 0 Å². The first kappa shape index (κ1) is 10.7. The van der Waals surface area contributed by atoms with Crippen molar-refractivity contribution >= 4 is 5.96 Å². The first-order valence-corrected chi connectivity index (χ1v) is 5.97. The maximum absolute atomic E-state index is 4.40. The summed E-state index contributed by atoms with van der Waals surface area (Å²) >= 11 is 0. The highest BCUT2D eigenvalue weighted by molar-refractivity contribution is 5.81. The molecule has 15 heavy (non-hydrogen) atoms. The number of hydrogen-bond donors (Lipinski definition) is 2. The van der Waals surface area contributed by atoms with E-state index in [1.807, 2.05) is 0 Å². The lowest BCUT2D eigenvalue weighted by Crippen LogP contribution is -2.42. The van der Waals surface area contributed by atoms with Gasteiger partial charge in [0, 0.05) is 12.6 Å². The Morgan fingerprint density at radius 3 is 2.80 bits per heavy atom. The number of aliphatic imine (C=N–C) groups is 1. The maximum atomic E-state index is 4.40. The first-order valence-electron chi connectivity index (χ1n) is 5.97. The van der Waals surface area contributed by atoms with Gasteiger partial charge in [-0.15, -0.1) is 0 Å². The maximum Gasteiger partial charge on any atom is 0.191 e. The second kappa shape index (κ2) is 4.84. The molecule has 0 saturated carbocycles. The van der Waals surface area contributed by atoms with Gasteiger partial charge in [0.25, 0.3) is 0 Å². The van der Waals surface area contributed by atoms with Gasteiger partial charge in [-0.05, 0) is 45.8 Å². The summed E-state index contributed by atoms with van der Waals surface area (Å²) in [7, 11) is 2.20. The molecule has 2 rings (SSSR count). The van der Waals surface area contributed by atoms with Crippen LogP contribution in [0.1, 0.15) is 19.8 Å². The minimum atomic E-state index is 0.505. The molecule has 2 aliphatic heterocycles. The summed E-state index contributed by atoms with van der Waals surface area (Å²) < 4.78 is 0. The van der Waals surface area contributed by atoms with Crippen LogP contribution < -0.4 is 10.6 Å². The fourth-order valence-corrected chi connectivity index (χ4v) is 2.17. The summed E-state index contributed by atoms with van der Waals surface area (Å²) in [5.41, 5.74) is 0. The second-order valence-electron chi connectivity index (χ2n) is 4.86. The number of rotatable bonds is 2. The zero-order valence-electron chi connectivity index (χ0n) is 9.79. The average molecular weight is 210 g/mol. The summed E-state index contributed by atoms with van der Waals surface area (Å²) in [4.78, 5) is 6.81. The van der Waals surface area contributed by atoms with Crippen LogP contribution in [0.2, 0.25) is 0 Å². The van der Waals surface area contributed by atoms with Gasteiger partial charge in [0.2, 0.25) is 0 Å². The van der Waals surface area contributed by atoms with Crippen LogP contribution >= 0.6 is 0 Å².